The summed E-state index contributed by atoms with van der Waals surface area (Å²) in [7, 11) is 0. The molecule has 2 nitrogen and oxygen atoms in total. The van der Waals surface area contributed by atoms with Crippen LogP contribution in [0, 0.1) is 5.92 Å². The minimum atomic E-state index is -0.173. The Bertz CT molecular complexity index is 157. The molecule has 0 amide bonds. The molecular weight excluding hydrogens is 140 g/mol. The summed E-state index contributed by atoms with van der Waals surface area (Å²) >= 11 is 0. The van der Waals surface area contributed by atoms with Gasteiger partial charge in [0.15, 0.2) is 0 Å². The molecule has 1 saturated carbocycles. The van der Waals surface area contributed by atoms with E-state index < -0.39 is 0 Å². The summed E-state index contributed by atoms with van der Waals surface area (Å²) < 4.78 is 5.72. The lowest BCUT2D eigenvalue weighted by Crippen LogP contribution is -2.34. The van der Waals surface area contributed by atoms with Gasteiger partial charge in [0.25, 0.3) is 0 Å². The van der Waals surface area contributed by atoms with Crippen LogP contribution in [0.4, 0.5) is 0 Å². The van der Waals surface area contributed by atoms with Crippen molar-refractivity contribution in [3.63, 3.8) is 0 Å². The molecule has 0 aromatic carbocycles. The highest BCUT2D eigenvalue weighted by Crippen LogP contribution is 2.49. The number of ether oxygens (including phenoxy) is 1. The van der Waals surface area contributed by atoms with Gasteiger partial charge in [-0.05, 0) is 25.7 Å². The summed E-state index contributed by atoms with van der Waals surface area (Å²) in [5.74, 6) is 0.718. The van der Waals surface area contributed by atoms with E-state index in [1.807, 2.05) is 0 Å². The number of aliphatic hydroxyl groups excluding tert-OH is 1. The fraction of sp³-hybridized carbons (Fsp3) is 1.00. The van der Waals surface area contributed by atoms with Crippen molar-refractivity contribution in [1.82, 2.24) is 0 Å². The van der Waals surface area contributed by atoms with Crippen LogP contribution in [0.5, 0.6) is 0 Å². The minimum absolute atomic E-state index is 0.114. The first kappa shape index (κ1) is 7.56. The maximum atomic E-state index is 9.35. The summed E-state index contributed by atoms with van der Waals surface area (Å²) in [6, 6.07) is 0. The second-order valence-electron chi connectivity index (χ2n) is 4.26. The largest absolute Gasteiger partial charge is 0.390 e. The van der Waals surface area contributed by atoms with Crippen LogP contribution >= 0.6 is 0 Å². The van der Waals surface area contributed by atoms with Gasteiger partial charge < -0.3 is 9.84 Å². The predicted octanol–water partition coefficient (Wildman–Crippen LogP) is 1.32. The van der Waals surface area contributed by atoms with Crippen molar-refractivity contribution in [2.24, 2.45) is 5.92 Å². The third kappa shape index (κ3) is 1.18. The monoisotopic (exact) mass is 156 g/mol. The lowest BCUT2D eigenvalue weighted by atomic mass is 9.92. The zero-order chi connectivity index (χ0) is 8.06. The van der Waals surface area contributed by atoms with Crippen molar-refractivity contribution in [2.45, 2.75) is 50.9 Å². The molecule has 64 valence electrons. The van der Waals surface area contributed by atoms with Crippen molar-refractivity contribution in [1.29, 1.82) is 0 Å². The number of hydrogen-bond acceptors (Lipinski definition) is 2. The molecule has 1 saturated heterocycles. The number of rotatable bonds is 0. The molecule has 2 unspecified atom stereocenters. The van der Waals surface area contributed by atoms with Gasteiger partial charge in [0.2, 0.25) is 0 Å². The Kier molecular flexibility index (Phi) is 1.52. The smallest absolute Gasteiger partial charge is 0.0973 e. The summed E-state index contributed by atoms with van der Waals surface area (Å²) in [6.45, 7) is 4.34. The molecule has 0 aromatic heterocycles. The first-order chi connectivity index (χ1) is 5.12. The van der Waals surface area contributed by atoms with Gasteiger partial charge >= 0.3 is 0 Å². The highest BCUT2D eigenvalue weighted by atomic mass is 16.5. The van der Waals surface area contributed by atoms with E-state index in [2.05, 4.69) is 13.8 Å². The fourth-order valence-electron chi connectivity index (χ4n) is 2.35. The Morgan fingerprint density at radius 2 is 2.00 bits per heavy atom. The fourth-order valence-corrected chi connectivity index (χ4v) is 2.35. The van der Waals surface area contributed by atoms with Crippen molar-refractivity contribution in [3.8, 4) is 0 Å². The van der Waals surface area contributed by atoms with Crippen LogP contribution in [0.1, 0.15) is 33.1 Å². The lowest BCUT2D eigenvalue weighted by molar-refractivity contribution is -0.0952. The molecule has 2 rings (SSSR count). The van der Waals surface area contributed by atoms with E-state index in [0.717, 1.165) is 25.2 Å². The normalized spacial score (nSPS) is 56.5. The van der Waals surface area contributed by atoms with Crippen LogP contribution in [0.25, 0.3) is 0 Å². The molecule has 11 heavy (non-hydrogen) atoms. The van der Waals surface area contributed by atoms with E-state index in [4.69, 9.17) is 4.74 Å². The molecule has 0 aromatic rings. The van der Waals surface area contributed by atoms with Crippen LogP contribution in [-0.2, 0) is 4.74 Å². The van der Waals surface area contributed by atoms with E-state index in [1.165, 1.54) is 0 Å². The predicted molar refractivity (Wildman–Crippen MR) is 42.3 cm³/mol. The number of aliphatic hydroxyl groups is 1. The molecule has 1 spiro atoms. The lowest BCUT2D eigenvalue weighted by Gasteiger charge is -2.32. The highest BCUT2D eigenvalue weighted by Gasteiger charge is 2.57. The first-order valence-corrected chi connectivity index (χ1v) is 4.48. The first-order valence-electron chi connectivity index (χ1n) is 4.48. The van der Waals surface area contributed by atoms with Gasteiger partial charge in [0.05, 0.1) is 17.8 Å². The van der Waals surface area contributed by atoms with Gasteiger partial charge in [0, 0.05) is 6.42 Å². The van der Waals surface area contributed by atoms with E-state index in [0.29, 0.717) is 6.10 Å². The van der Waals surface area contributed by atoms with Gasteiger partial charge in [-0.15, -0.1) is 0 Å². The average Bonchev–Trinajstić information content (AvgIpc) is 2.37. The zero-order valence-electron chi connectivity index (χ0n) is 7.21. The summed E-state index contributed by atoms with van der Waals surface area (Å²) in [6.07, 6.45) is 3.23. The minimum Gasteiger partial charge on any atom is -0.390 e. The maximum absolute atomic E-state index is 9.35. The third-order valence-electron chi connectivity index (χ3n) is 2.85. The van der Waals surface area contributed by atoms with Gasteiger partial charge in [0.1, 0.15) is 0 Å². The van der Waals surface area contributed by atoms with Crippen molar-refractivity contribution < 1.29 is 9.84 Å². The molecular formula is C9H16O2. The number of hydrogen-bond donors (Lipinski definition) is 1. The third-order valence-corrected chi connectivity index (χ3v) is 2.85. The highest BCUT2D eigenvalue weighted by molar-refractivity contribution is 5.08. The molecule has 1 aliphatic heterocycles. The molecule has 2 heteroatoms. The molecule has 2 fully saturated rings. The Morgan fingerprint density at radius 1 is 1.36 bits per heavy atom. The summed E-state index contributed by atoms with van der Waals surface area (Å²) in [5.41, 5.74) is -0.114. The average molecular weight is 156 g/mol. The Morgan fingerprint density at radius 3 is 2.45 bits per heavy atom. The van der Waals surface area contributed by atoms with E-state index in [9.17, 15) is 5.11 Å². The molecule has 0 radical (unpaired) electrons. The van der Waals surface area contributed by atoms with Crippen LogP contribution in [0.2, 0.25) is 0 Å². The Balaban J connectivity index is 2.03. The van der Waals surface area contributed by atoms with Crippen LogP contribution in [0.3, 0.4) is 0 Å². The van der Waals surface area contributed by atoms with Crippen molar-refractivity contribution in [2.75, 3.05) is 0 Å². The molecule has 1 heterocycles. The van der Waals surface area contributed by atoms with Crippen molar-refractivity contribution in [3.05, 3.63) is 0 Å². The van der Waals surface area contributed by atoms with Gasteiger partial charge in [-0.2, -0.15) is 0 Å². The van der Waals surface area contributed by atoms with Gasteiger partial charge in [-0.25, -0.2) is 0 Å². The van der Waals surface area contributed by atoms with Crippen LogP contribution in [0.15, 0.2) is 0 Å². The van der Waals surface area contributed by atoms with Gasteiger partial charge in [-0.1, -0.05) is 6.92 Å². The summed E-state index contributed by atoms with van der Waals surface area (Å²) in [5, 5.41) is 9.35. The van der Waals surface area contributed by atoms with Crippen LogP contribution in [-0.4, -0.2) is 22.9 Å². The molecule has 2 aliphatic rings. The summed E-state index contributed by atoms with van der Waals surface area (Å²) in [4.78, 5) is 0. The standard InChI is InChI=1S/C9H16O2/c1-6-3-7(2)11-9(4-6)5-8(9)10/h6-8,10H,3-5H2,1-2H3/t6-,7?,8+,9?/m1/s1. The maximum Gasteiger partial charge on any atom is 0.0973 e. The van der Waals surface area contributed by atoms with Crippen LogP contribution < -0.4 is 0 Å². The topological polar surface area (TPSA) is 29.5 Å². The van der Waals surface area contributed by atoms with E-state index in [1.54, 1.807) is 0 Å². The second kappa shape index (κ2) is 2.20. The van der Waals surface area contributed by atoms with Crippen molar-refractivity contribution >= 4 is 0 Å². The Hall–Kier alpha value is -0.0800. The van der Waals surface area contributed by atoms with E-state index in [-0.39, 0.29) is 11.7 Å². The SMILES string of the molecule is CC1C[C@@H](C)CC2(C[C@@H]2O)O1. The Labute approximate surface area is 67.6 Å². The molecule has 1 N–H and O–H groups in total. The molecule has 4 atom stereocenters. The molecule has 0 bridgehead atoms. The second-order valence-corrected chi connectivity index (χ2v) is 4.26. The van der Waals surface area contributed by atoms with E-state index >= 15 is 0 Å². The quantitative estimate of drug-likeness (QED) is 0.573. The zero-order valence-corrected chi connectivity index (χ0v) is 7.21. The van der Waals surface area contributed by atoms with Gasteiger partial charge in [-0.3, -0.25) is 0 Å². The molecule has 1 aliphatic carbocycles.